The van der Waals surface area contributed by atoms with Crippen molar-refractivity contribution in [1.82, 2.24) is 9.88 Å². The van der Waals surface area contributed by atoms with Crippen molar-refractivity contribution < 1.29 is 17.9 Å². The van der Waals surface area contributed by atoms with E-state index in [4.69, 9.17) is 10.5 Å². The van der Waals surface area contributed by atoms with Crippen LogP contribution in [0.5, 0.6) is 0 Å². The second-order valence-corrected chi connectivity index (χ2v) is 11.5. The molecule has 2 aliphatic rings. The molecule has 0 unspecified atom stereocenters. The molecule has 2 aliphatic heterocycles. The molecule has 3 N–H and O–H groups in total. The summed E-state index contributed by atoms with van der Waals surface area (Å²) in [5.41, 5.74) is 9.36. The lowest BCUT2D eigenvalue weighted by atomic mass is 9.89. The number of sulfonamides is 1. The molecule has 1 amide bonds. The normalized spacial score (nSPS) is 16.9. The molecule has 9 nitrogen and oxygen atoms in total. The lowest BCUT2D eigenvalue weighted by Gasteiger charge is -2.32. The van der Waals surface area contributed by atoms with Gasteiger partial charge in [-0.2, -0.15) is 0 Å². The maximum absolute atomic E-state index is 13.3. The van der Waals surface area contributed by atoms with Crippen LogP contribution in [0.1, 0.15) is 40.2 Å². The Morgan fingerprint density at radius 3 is 2.37 bits per heavy atom. The molecule has 10 heteroatoms. The Kier molecular flexibility index (Phi) is 7.53. The number of amides is 1. The average molecular weight is 536 g/mol. The third kappa shape index (κ3) is 5.76. The molecule has 3 heterocycles. The van der Waals surface area contributed by atoms with E-state index in [-0.39, 0.29) is 10.8 Å². The van der Waals surface area contributed by atoms with Crippen molar-refractivity contribution in [3.63, 3.8) is 0 Å². The number of morpholine rings is 1. The number of carbonyl (C=O) groups excluding carboxylic acids is 1. The van der Waals surface area contributed by atoms with Gasteiger partial charge in [0, 0.05) is 43.6 Å². The first-order chi connectivity index (χ1) is 18.3. The maximum Gasteiger partial charge on any atom is 0.263 e. The second-order valence-electron chi connectivity index (χ2n) is 9.82. The number of ether oxygens (including phenoxy) is 1. The number of nitrogens with one attached hydrogen (secondary N) is 1. The number of likely N-dealkylation sites (tertiary alicyclic amines) is 1. The summed E-state index contributed by atoms with van der Waals surface area (Å²) in [5.74, 6) is 1.01. The zero-order chi connectivity index (χ0) is 26.7. The Bertz CT molecular complexity index is 1380. The number of hydrogen-bond acceptors (Lipinski definition) is 7. The number of carbonyl (C=O) groups is 1. The van der Waals surface area contributed by atoms with Crippen LogP contribution in [-0.4, -0.2) is 63.6 Å². The van der Waals surface area contributed by atoms with E-state index in [1.54, 1.807) is 30.3 Å². The largest absolute Gasteiger partial charge is 0.399 e. The van der Waals surface area contributed by atoms with Crippen LogP contribution in [0.4, 0.5) is 17.2 Å². The predicted octanol–water partition coefficient (Wildman–Crippen LogP) is 3.63. The Morgan fingerprint density at radius 2 is 1.71 bits per heavy atom. The summed E-state index contributed by atoms with van der Waals surface area (Å²) < 4.78 is 34.3. The molecule has 3 aromatic rings. The topological polar surface area (TPSA) is 118 Å². The van der Waals surface area contributed by atoms with Crippen molar-refractivity contribution in [2.45, 2.75) is 30.6 Å². The molecule has 200 valence electrons. The summed E-state index contributed by atoms with van der Waals surface area (Å²) in [5, 5.41) is 0. The third-order valence-corrected chi connectivity index (χ3v) is 8.64. The molecule has 2 aromatic carbocycles. The van der Waals surface area contributed by atoms with Crippen molar-refractivity contribution in [1.29, 1.82) is 0 Å². The Hall–Kier alpha value is -3.63. The minimum Gasteiger partial charge on any atom is -0.399 e. The van der Waals surface area contributed by atoms with Crippen LogP contribution in [0, 0.1) is 6.92 Å². The Balaban J connectivity index is 1.25. The molecule has 38 heavy (non-hydrogen) atoms. The minimum absolute atomic E-state index is 0.0652. The van der Waals surface area contributed by atoms with Crippen LogP contribution in [0.2, 0.25) is 0 Å². The quantitative estimate of drug-likeness (QED) is 0.463. The summed E-state index contributed by atoms with van der Waals surface area (Å²) in [7, 11) is -3.88. The number of rotatable bonds is 6. The van der Waals surface area contributed by atoms with Gasteiger partial charge in [0.2, 0.25) is 0 Å². The van der Waals surface area contributed by atoms with E-state index >= 15 is 0 Å². The Morgan fingerprint density at radius 1 is 1.00 bits per heavy atom. The number of nitrogens with zero attached hydrogens (tertiary/aromatic N) is 3. The molecule has 0 saturated carbocycles. The molecule has 0 bridgehead atoms. The van der Waals surface area contributed by atoms with Crippen LogP contribution in [0.3, 0.4) is 0 Å². The molecule has 0 radical (unpaired) electrons. The minimum atomic E-state index is -3.88. The number of benzene rings is 2. The molecular formula is C28H33N5O4S. The highest BCUT2D eigenvalue weighted by molar-refractivity contribution is 7.92. The number of pyridine rings is 1. The number of aromatic nitrogens is 1. The van der Waals surface area contributed by atoms with Gasteiger partial charge in [-0.3, -0.25) is 9.52 Å². The summed E-state index contributed by atoms with van der Waals surface area (Å²) >= 11 is 0. The van der Waals surface area contributed by atoms with Crippen LogP contribution >= 0.6 is 0 Å². The van der Waals surface area contributed by atoms with Crippen molar-refractivity contribution in [2.75, 3.05) is 54.7 Å². The van der Waals surface area contributed by atoms with Gasteiger partial charge in [0.15, 0.2) is 0 Å². The van der Waals surface area contributed by atoms with E-state index in [0.29, 0.717) is 43.5 Å². The number of piperidine rings is 1. The molecular weight excluding hydrogens is 502 g/mol. The first kappa shape index (κ1) is 26.0. The van der Waals surface area contributed by atoms with E-state index in [9.17, 15) is 13.2 Å². The highest BCUT2D eigenvalue weighted by Crippen LogP contribution is 2.30. The van der Waals surface area contributed by atoms with E-state index in [2.05, 4.69) is 26.7 Å². The lowest BCUT2D eigenvalue weighted by Crippen LogP contribution is -2.38. The zero-order valence-electron chi connectivity index (χ0n) is 21.5. The molecule has 5 rings (SSSR count). The molecule has 0 aliphatic carbocycles. The van der Waals surface area contributed by atoms with Gasteiger partial charge in [0.25, 0.3) is 15.9 Å². The van der Waals surface area contributed by atoms with Crippen molar-refractivity contribution in [3.8, 4) is 0 Å². The predicted molar refractivity (Wildman–Crippen MR) is 148 cm³/mol. The van der Waals surface area contributed by atoms with Gasteiger partial charge >= 0.3 is 0 Å². The highest BCUT2D eigenvalue weighted by atomic mass is 32.2. The van der Waals surface area contributed by atoms with Crippen molar-refractivity contribution in [3.05, 3.63) is 77.5 Å². The maximum atomic E-state index is 13.3. The fourth-order valence-corrected chi connectivity index (χ4v) is 6.01. The van der Waals surface area contributed by atoms with Gasteiger partial charge in [0.05, 0.1) is 18.9 Å². The number of anilines is 3. The molecule has 0 atom stereocenters. The number of nitrogen functional groups attached to an aromatic ring is 1. The summed E-state index contributed by atoms with van der Waals surface area (Å²) in [6, 6.07) is 16.3. The van der Waals surface area contributed by atoms with Crippen molar-refractivity contribution >= 4 is 33.1 Å². The molecule has 0 spiro atoms. The van der Waals surface area contributed by atoms with Gasteiger partial charge in [-0.1, -0.05) is 18.2 Å². The van der Waals surface area contributed by atoms with E-state index in [0.717, 1.165) is 43.0 Å². The number of hydrogen-bond donors (Lipinski definition) is 2. The molecule has 1 aromatic heterocycles. The number of nitrogens with two attached hydrogens (primary N) is 1. The van der Waals surface area contributed by atoms with Crippen molar-refractivity contribution in [2.24, 2.45) is 0 Å². The second kappa shape index (κ2) is 11.0. The van der Waals surface area contributed by atoms with Crippen LogP contribution in [0.15, 0.2) is 65.7 Å². The first-order valence-electron chi connectivity index (χ1n) is 12.9. The van der Waals surface area contributed by atoms with Crippen LogP contribution in [-0.2, 0) is 14.8 Å². The fourth-order valence-electron chi connectivity index (χ4n) is 4.95. The fraction of sp³-hybridized carbons (Fsp3) is 0.357. The van der Waals surface area contributed by atoms with Gasteiger partial charge in [0.1, 0.15) is 10.7 Å². The summed E-state index contributed by atoms with van der Waals surface area (Å²) in [6.45, 7) is 5.78. The zero-order valence-corrected chi connectivity index (χ0v) is 22.3. The van der Waals surface area contributed by atoms with Gasteiger partial charge in [-0.25, -0.2) is 13.4 Å². The van der Waals surface area contributed by atoms with Gasteiger partial charge in [-0.15, -0.1) is 0 Å². The monoisotopic (exact) mass is 535 g/mol. The third-order valence-electron chi connectivity index (χ3n) is 7.28. The molecule has 2 saturated heterocycles. The lowest BCUT2D eigenvalue weighted by molar-refractivity contribution is 0.0713. The number of aryl methyl sites for hydroxylation is 1. The summed E-state index contributed by atoms with van der Waals surface area (Å²) in [6.07, 6.45) is 3.10. The highest BCUT2D eigenvalue weighted by Gasteiger charge is 2.25. The van der Waals surface area contributed by atoms with Crippen LogP contribution < -0.4 is 15.4 Å². The standard InChI is InChI=1S/C28H33N5O4S/c1-20-2-3-23(28(34)33-12-10-22(11-13-33)21-4-6-24(29)7-5-21)18-26(20)31-38(35,36)25-8-9-27(30-19-25)32-14-16-37-17-15-32/h2-9,18-19,22,31H,10-17,29H2,1H3. The van der Waals surface area contributed by atoms with Gasteiger partial charge < -0.3 is 20.3 Å². The molecule has 2 fully saturated rings. The smallest absolute Gasteiger partial charge is 0.263 e. The van der Waals surface area contributed by atoms with E-state index < -0.39 is 10.0 Å². The van der Waals surface area contributed by atoms with E-state index in [1.165, 1.54) is 11.8 Å². The first-order valence-corrected chi connectivity index (χ1v) is 14.4. The summed E-state index contributed by atoms with van der Waals surface area (Å²) in [4.78, 5) is 21.6. The average Bonchev–Trinajstić information content (AvgIpc) is 2.95. The van der Waals surface area contributed by atoms with E-state index in [1.807, 2.05) is 24.0 Å². The SMILES string of the molecule is Cc1ccc(C(=O)N2CCC(c3ccc(N)cc3)CC2)cc1NS(=O)(=O)c1ccc(N2CCOCC2)nc1. The Labute approximate surface area is 223 Å². The van der Waals surface area contributed by atoms with Crippen LogP contribution in [0.25, 0.3) is 0 Å². The van der Waals surface area contributed by atoms with Gasteiger partial charge in [-0.05, 0) is 73.2 Å².